The minimum Gasteiger partial charge on any atom is -0.497 e. The number of ether oxygens (including phenoxy) is 1. The van der Waals surface area contributed by atoms with E-state index >= 15 is 0 Å². The van der Waals surface area contributed by atoms with Gasteiger partial charge in [-0.05, 0) is 66.6 Å². The highest BCUT2D eigenvalue weighted by Crippen LogP contribution is 2.34. The minimum atomic E-state index is -0.197. The molecule has 0 N–H and O–H groups in total. The van der Waals surface area contributed by atoms with Crippen LogP contribution in [-0.4, -0.2) is 38.3 Å². The maximum absolute atomic E-state index is 14.0. The number of benzene rings is 3. The largest absolute Gasteiger partial charge is 0.497 e. The van der Waals surface area contributed by atoms with Gasteiger partial charge in [-0.25, -0.2) is 9.99 Å². The number of carbonyl (C=O) groups excluding carboxylic acids is 1. The van der Waals surface area contributed by atoms with Crippen molar-refractivity contribution in [3.8, 4) is 17.1 Å². The van der Waals surface area contributed by atoms with Crippen LogP contribution in [0, 0.1) is 6.92 Å². The molecule has 1 amide bonds. The Morgan fingerprint density at radius 2 is 1.74 bits per heavy atom. The molecule has 0 bridgehead atoms. The number of amides is 1. The Labute approximate surface area is 221 Å². The molecule has 5 aromatic rings. The van der Waals surface area contributed by atoms with E-state index in [4.69, 9.17) is 14.8 Å². The number of fused-ring (bicyclic) bond motifs is 1. The van der Waals surface area contributed by atoms with Gasteiger partial charge in [0.1, 0.15) is 18.1 Å². The first-order valence-corrected chi connectivity index (χ1v) is 12.6. The van der Waals surface area contributed by atoms with E-state index in [-0.39, 0.29) is 18.5 Å². The third-order valence-corrected chi connectivity index (χ3v) is 6.92. The molecule has 38 heavy (non-hydrogen) atoms. The molecule has 2 aromatic heterocycles. The minimum absolute atomic E-state index is 0.104. The Hall–Kier alpha value is -4.78. The Morgan fingerprint density at radius 1 is 0.947 bits per heavy atom. The van der Waals surface area contributed by atoms with Gasteiger partial charge in [0.15, 0.2) is 0 Å². The first-order chi connectivity index (χ1) is 18.6. The van der Waals surface area contributed by atoms with Gasteiger partial charge in [-0.2, -0.15) is 5.10 Å². The summed E-state index contributed by atoms with van der Waals surface area (Å²) in [5.41, 5.74) is 6.65. The predicted molar refractivity (Wildman–Crippen MR) is 148 cm³/mol. The summed E-state index contributed by atoms with van der Waals surface area (Å²) in [7, 11) is 1.65. The molecule has 1 atom stereocenters. The van der Waals surface area contributed by atoms with Gasteiger partial charge < -0.3 is 9.30 Å². The van der Waals surface area contributed by atoms with Gasteiger partial charge in [0.05, 0.1) is 29.9 Å². The predicted octanol–water partition coefficient (Wildman–Crippen LogP) is 5.79. The molecule has 6 rings (SSSR count). The maximum atomic E-state index is 14.0. The van der Waals surface area contributed by atoms with Crippen molar-refractivity contribution >= 4 is 22.7 Å². The van der Waals surface area contributed by atoms with Gasteiger partial charge in [-0.1, -0.05) is 42.0 Å². The van der Waals surface area contributed by atoms with E-state index in [9.17, 15) is 4.79 Å². The third kappa shape index (κ3) is 4.43. The van der Waals surface area contributed by atoms with E-state index in [1.54, 1.807) is 24.5 Å². The third-order valence-electron chi connectivity index (χ3n) is 6.92. The molecule has 0 fully saturated rings. The van der Waals surface area contributed by atoms with Crippen LogP contribution in [0.1, 0.15) is 29.2 Å². The smallest absolute Gasteiger partial charge is 0.263 e. The van der Waals surface area contributed by atoms with Gasteiger partial charge in [-0.3, -0.25) is 9.78 Å². The lowest BCUT2D eigenvalue weighted by atomic mass is 9.97. The van der Waals surface area contributed by atoms with Crippen LogP contribution in [-0.2, 0) is 11.3 Å². The van der Waals surface area contributed by atoms with E-state index in [2.05, 4.69) is 36.2 Å². The topological polar surface area (TPSA) is 72.6 Å². The molecule has 188 valence electrons. The van der Waals surface area contributed by atoms with E-state index in [0.717, 1.165) is 39.2 Å². The van der Waals surface area contributed by atoms with Crippen LogP contribution in [0.15, 0.2) is 102 Å². The van der Waals surface area contributed by atoms with Crippen LogP contribution in [0.4, 0.5) is 0 Å². The lowest BCUT2D eigenvalue weighted by Gasteiger charge is -2.23. The molecule has 3 heterocycles. The second-order valence-corrected chi connectivity index (χ2v) is 9.40. The number of nitrogens with zero attached hydrogens (tertiary/aromatic N) is 5. The van der Waals surface area contributed by atoms with Gasteiger partial charge in [0, 0.05) is 24.4 Å². The second kappa shape index (κ2) is 9.94. The van der Waals surface area contributed by atoms with E-state index in [1.807, 2.05) is 65.2 Å². The fourth-order valence-corrected chi connectivity index (χ4v) is 4.91. The normalized spacial score (nSPS) is 15.1. The number of aromatic nitrogens is 3. The Kier molecular flexibility index (Phi) is 6.17. The number of hydrogen-bond acceptors (Lipinski definition) is 5. The zero-order valence-electron chi connectivity index (χ0n) is 21.3. The van der Waals surface area contributed by atoms with Crippen LogP contribution in [0.3, 0.4) is 0 Å². The van der Waals surface area contributed by atoms with Crippen molar-refractivity contribution in [1.29, 1.82) is 0 Å². The summed E-state index contributed by atoms with van der Waals surface area (Å²) in [5, 5.41) is 6.52. The van der Waals surface area contributed by atoms with Crippen molar-refractivity contribution in [2.24, 2.45) is 5.10 Å². The van der Waals surface area contributed by atoms with Crippen LogP contribution in [0.2, 0.25) is 0 Å². The Bertz CT molecular complexity index is 1620. The average molecular weight is 502 g/mol. The zero-order valence-corrected chi connectivity index (χ0v) is 21.3. The van der Waals surface area contributed by atoms with Gasteiger partial charge in [0.25, 0.3) is 5.91 Å². The molecular formula is C31H27N5O2. The van der Waals surface area contributed by atoms with Gasteiger partial charge >= 0.3 is 0 Å². The fourth-order valence-electron chi connectivity index (χ4n) is 4.91. The highest BCUT2D eigenvalue weighted by Gasteiger charge is 2.33. The highest BCUT2D eigenvalue weighted by molar-refractivity contribution is 6.03. The molecule has 0 radical (unpaired) electrons. The summed E-state index contributed by atoms with van der Waals surface area (Å²) in [5.74, 6) is 1.38. The summed E-state index contributed by atoms with van der Waals surface area (Å²) in [4.78, 5) is 23.1. The fraction of sp³-hybridized carbons (Fsp3) is 0.161. The number of aryl methyl sites for hydroxylation is 1. The molecule has 1 aliphatic heterocycles. The van der Waals surface area contributed by atoms with Gasteiger partial charge in [0.2, 0.25) is 0 Å². The second-order valence-electron chi connectivity index (χ2n) is 9.40. The SMILES string of the molecule is COc1ccc(C2=NN(C(=O)Cn3c(-c4cccnc4)nc4ccccc43)C(c3ccc(C)cc3)C2)cc1. The van der Waals surface area contributed by atoms with E-state index in [0.29, 0.717) is 12.2 Å². The first-order valence-electron chi connectivity index (χ1n) is 12.6. The van der Waals surface area contributed by atoms with Gasteiger partial charge in [-0.15, -0.1) is 0 Å². The number of para-hydroxylation sites is 2. The summed E-state index contributed by atoms with van der Waals surface area (Å²) in [6.45, 7) is 2.16. The lowest BCUT2D eigenvalue weighted by molar-refractivity contribution is -0.133. The maximum Gasteiger partial charge on any atom is 0.263 e. The molecule has 0 saturated carbocycles. The first kappa shape index (κ1) is 23.6. The molecule has 0 aliphatic carbocycles. The van der Waals surface area contributed by atoms with Crippen molar-refractivity contribution in [1.82, 2.24) is 19.5 Å². The highest BCUT2D eigenvalue weighted by atomic mass is 16.5. The zero-order chi connectivity index (χ0) is 26.1. The molecule has 7 nitrogen and oxygen atoms in total. The monoisotopic (exact) mass is 501 g/mol. The number of rotatable bonds is 6. The number of methoxy groups -OCH3 is 1. The van der Waals surface area contributed by atoms with Crippen molar-refractivity contribution in [2.75, 3.05) is 7.11 Å². The molecule has 1 unspecified atom stereocenters. The Morgan fingerprint density at radius 3 is 2.47 bits per heavy atom. The molecule has 3 aromatic carbocycles. The van der Waals surface area contributed by atoms with Crippen LogP contribution in [0.25, 0.3) is 22.4 Å². The summed E-state index contributed by atoms with van der Waals surface area (Å²) in [6, 6.07) is 27.6. The molecule has 1 aliphatic rings. The molecule has 7 heteroatoms. The number of imidazole rings is 1. The lowest BCUT2D eigenvalue weighted by Crippen LogP contribution is -2.30. The van der Waals surface area contributed by atoms with E-state index < -0.39 is 0 Å². The number of hydrazone groups is 1. The van der Waals surface area contributed by atoms with Crippen molar-refractivity contribution in [3.63, 3.8) is 0 Å². The van der Waals surface area contributed by atoms with Crippen LogP contribution < -0.4 is 4.74 Å². The van der Waals surface area contributed by atoms with Crippen LogP contribution >= 0.6 is 0 Å². The number of carbonyl (C=O) groups is 1. The number of hydrogen-bond donors (Lipinski definition) is 0. The van der Waals surface area contributed by atoms with Crippen molar-refractivity contribution < 1.29 is 9.53 Å². The molecule has 0 saturated heterocycles. The van der Waals surface area contributed by atoms with E-state index in [1.165, 1.54) is 5.56 Å². The van der Waals surface area contributed by atoms with Crippen molar-refractivity contribution in [3.05, 3.63) is 114 Å². The van der Waals surface area contributed by atoms with Crippen molar-refractivity contribution in [2.45, 2.75) is 25.9 Å². The summed E-state index contributed by atoms with van der Waals surface area (Å²) < 4.78 is 7.28. The molecular weight excluding hydrogens is 474 g/mol. The quantitative estimate of drug-likeness (QED) is 0.295. The standard InChI is InChI=1S/C31H27N5O2/c1-21-9-11-23(12-10-21)29-18-27(22-13-15-25(38-2)16-14-22)34-36(29)30(37)20-35-28-8-4-3-7-26(28)33-31(35)24-6-5-17-32-19-24/h3-17,19,29H,18,20H2,1-2H3. The number of pyridine rings is 1. The summed E-state index contributed by atoms with van der Waals surface area (Å²) >= 11 is 0. The average Bonchev–Trinajstić information content (AvgIpc) is 3.57. The van der Waals surface area contributed by atoms with Crippen LogP contribution in [0.5, 0.6) is 5.75 Å². The Balaban J connectivity index is 1.39. The summed E-state index contributed by atoms with van der Waals surface area (Å²) in [6.07, 6.45) is 4.13. The molecule has 0 spiro atoms.